The van der Waals surface area contributed by atoms with Crippen LogP contribution in [0.4, 0.5) is 5.69 Å². The second kappa shape index (κ2) is 11.1. The third-order valence-corrected chi connectivity index (χ3v) is 10.6. The lowest BCUT2D eigenvalue weighted by Crippen LogP contribution is -2.54. The molecule has 6 atom stereocenters. The molecule has 0 bridgehead atoms. The number of aliphatic hydroxyl groups is 1. The predicted octanol–water partition coefficient (Wildman–Crippen LogP) is 4.52. The number of esters is 1. The Morgan fingerprint density at radius 1 is 1.05 bits per heavy atom. The number of allylic oxidation sites excluding steroid dienone is 1. The van der Waals surface area contributed by atoms with Crippen molar-refractivity contribution in [2.45, 2.75) is 55.2 Å². The Kier molecular flexibility index (Phi) is 7.55. The number of carbonyl (C=O) groups is 3. The van der Waals surface area contributed by atoms with Gasteiger partial charge in [-0.2, -0.15) is 0 Å². The first kappa shape index (κ1) is 27.8. The van der Waals surface area contributed by atoms with Gasteiger partial charge in [0, 0.05) is 17.5 Å². The predicted molar refractivity (Wildman–Crippen MR) is 159 cm³/mol. The third-order valence-electron chi connectivity index (χ3n) is 8.89. The highest BCUT2D eigenvalue weighted by atomic mass is 32.2. The molecule has 6 rings (SSSR count). The van der Waals surface area contributed by atoms with Crippen molar-refractivity contribution in [1.82, 2.24) is 4.90 Å². The van der Waals surface area contributed by atoms with E-state index in [-0.39, 0.29) is 29.6 Å². The van der Waals surface area contributed by atoms with Gasteiger partial charge in [0.15, 0.2) is 0 Å². The average Bonchev–Trinajstić information content (AvgIpc) is 3.36. The van der Waals surface area contributed by atoms with E-state index in [1.807, 2.05) is 80.6 Å². The average molecular weight is 573 g/mol. The molecule has 0 aliphatic carbocycles. The summed E-state index contributed by atoms with van der Waals surface area (Å²) in [5.41, 5.74) is 3.54. The van der Waals surface area contributed by atoms with E-state index < -0.39 is 28.7 Å². The molecule has 4 heterocycles. The summed E-state index contributed by atoms with van der Waals surface area (Å²) in [6, 6.07) is 13.7. The second-order valence-corrected chi connectivity index (χ2v) is 12.9. The van der Waals surface area contributed by atoms with Crippen LogP contribution in [0.1, 0.15) is 42.0 Å². The molecule has 8 heteroatoms. The van der Waals surface area contributed by atoms with Gasteiger partial charge in [-0.1, -0.05) is 66.8 Å². The number of ether oxygens (including phenoxy) is 1. The summed E-state index contributed by atoms with van der Waals surface area (Å²) in [7, 11) is 0. The quantitative estimate of drug-likeness (QED) is 0.428. The molecule has 0 saturated carbocycles. The number of fused-ring (bicyclic) bond motifs is 2. The smallest absolute Gasteiger partial charge is 0.311 e. The summed E-state index contributed by atoms with van der Waals surface area (Å²) in [5.74, 6) is -2.41. The lowest BCUT2D eigenvalue weighted by molar-refractivity contribution is -0.153. The Labute approximate surface area is 245 Å². The summed E-state index contributed by atoms with van der Waals surface area (Å²) >= 11 is 1.53. The number of benzene rings is 2. The number of anilines is 1. The first-order valence-electron chi connectivity index (χ1n) is 14.4. The molecule has 0 radical (unpaired) electrons. The first-order valence-corrected chi connectivity index (χ1v) is 15.3. The molecule has 4 aliphatic heterocycles. The first-order chi connectivity index (χ1) is 19.9. The number of nitrogens with zero attached hydrogens (tertiary/aromatic N) is 2. The van der Waals surface area contributed by atoms with E-state index in [1.54, 1.807) is 9.80 Å². The van der Waals surface area contributed by atoms with Gasteiger partial charge < -0.3 is 19.6 Å². The standard InChI is InChI=1S/C33H36N2O5S/c1-21-14-15-22(2)24(19-21)34-17-10-16-33-28(27-26(41-33)13-8-3-4-9-18-40-32(27)39)30(37)35(29(33)31(34)38)25(20-36)23-11-6-5-7-12-23/h5-8,10-16,19,25-29,36H,3-4,9,17-18,20H2,1-2H3/b13-8-/t25-,26+,27-,28+,29?,33+/m1/s1. The Morgan fingerprint density at radius 2 is 1.85 bits per heavy atom. The van der Waals surface area contributed by atoms with Gasteiger partial charge in [0.1, 0.15) is 6.04 Å². The maximum absolute atomic E-state index is 14.8. The highest BCUT2D eigenvalue weighted by Crippen LogP contribution is 2.62. The van der Waals surface area contributed by atoms with E-state index in [1.165, 1.54) is 11.8 Å². The molecule has 1 N–H and O–H groups in total. The Morgan fingerprint density at radius 3 is 2.63 bits per heavy atom. The van der Waals surface area contributed by atoms with E-state index in [4.69, 9.17) is 4.74 Å². The molecule has 1 unspecified atom stereocenters. The summed E-state index contributed by atoms with van der Waals surface area (Å²) in [5, 5.41) is 10.4. The van der Waals surface area contributed by atoms with Gasteiger partial charge in [0.05, 0.1) is 35.8 Å². The molecule has 41 heavy (non-hydrogen) atoms. The summed E-state index contributed by atoms with van der Waals surface area (Å²) in [4.78, 5) is 46.4. The topological polar surface area (TPSA) is 87.2 Å². The maximum Gasteiger partial charge on any atom is 0.311 e. The van der Waals surface area contributed by atoms with Crippen molar-refractivity contribution < 1.29 is 24.2 Å². The van der Waals surface area contributed by atoms with Gasteiger partial charge >= 0.3 is 5.97 Å². The molecular weight excluding hydrogens is 536 g/mol. The van der Waals surface area contributed by atoms with Crippen molar-refractivity contribution in [3.63, 3.8) is 0 Å². The van der Waals surface area contributed by atoms with Crippen molar-refractivity contribution in [3.05, 3.63) is 89.5 Å². The molecular formula is C33H36N2O5S. The van der Waals surface area contributed by atoms with Crippen LogP contribution in [-0.2, 0) is 19.1 Å². The molecule has 214 valence electrons. The van der Waals surface area contributed by atoms with Gasteiger partial charge in [-0.3, -0.25) is 14.4 Å². The van der Waals surface area contributed by atoms with E-state index in [0.29, 0.717) is 13.2 Å². The number of likely N-dealkylation sites (tertiary alicyclic amines) is 1. The number of amides is 2. The summed E-state index contributed by atoms with van der Waals surface area (Å²) < 4.78 is 4.73. The number of rotatable bonds is 4. The molecule has 2 aromatic carbocycles. The molecule has 2 amide bonds. The Bertz CT molecular complexity index is 1410. The highest BCUT2D eigenvalue weighted by Gasteiger charge is 2.71. The molecule has 2 saturated heterocycles. The Hall–Kier alpha value is -3.36. The fourth-order valence-corrected chi connectivity index (χ4v) is 8.94. The van der Waals surface area contributed by atoms with E-state index in [0.717, 1.165) is 41.6 Å². The number of aryl methyl sites for hydroxylation is 2. The normalized spacial score (nSPS) is 31.1. The molecule has 4 aliphatic rings. The number of thioether (sulfide) groups is 1. The van der Waals surface area contributed by atoms with Crippen molar-refractivity contribution in [1.29, 1.82) is 0 Å². The third kappa shape index (κ3) is 4.61. The minimum absolute atomic E-state index is 0.206. The number of hydrogen-bond donors (Lipinski definition) is 1. The van der Waals surface area contributed by atoms with Crippen LogP contribution in [0.5, 0.6) is 0 Å². The van der Waals surface area contributed by atoms with Crippen LogP contribution in [0.3, 0.4) is 0 Å². The fraction of sp³-hybridized carbons (Fsp3) is 0.424. The fourth-order valence-electron chi connectivity index (χ4n) is 6.95. The Balaban J connectivity index is 1.52. The van der Waals surface area contributed by atoms with Crippen molar-refractivity contribution >= 4 is 35.2 Å². The number of cyclic esters (lactones) is 1. The number of hydrogen-bond acceptors (Lipinski definition) is 6. The van der Waals surface area contributed by atoms with Crippen molar-refractivity contribution in [2.75, 3.05) is 24.7 Å². The van der Waals surface area contributed by atoms with Crippen LogP contribution in [0.2, 0.25) is 0 Å². The minimum Gasteiger partial charge on any atom is -0.465 e. The molecule has 7 nitrogen and oxygen atoms in total. The van der Waals surface area contributed by atoms with E-state index >= 15 is 0 Å². The van der Waals surface area contributed by atoms with E-state index in [9.17, 15) is 19.5 Å². The highest BCUT2D eigenvalue weighted by molar-refractivity contribution is 8.02. The van der Waals surface area contributed by atoms with Crippen LogP contribution in [-0.4, -0.2) is 63.6 Å². The molecule has 2 fully saturated rings. The largest absolute Gasteiger partial charge is 0.465 e. The molecule has 0 aromatic heterocycles. The maximum atomic E-state index is 14.8. The van der Waals surface area contributed by atoms with Crippen molar-refractivity contribution in [3.8, 4) is 0 Å². The SMILES string of the molecule is Cc1ccc(C)c(N2CC=C[C@]34S[C@H]5/C=C\CCCCOC(=O)[C@H]5[C@H]3C(=O)N([C@H](CO)c3ccccc3)C4C2=O)c1. The van der Waals surface area contributed by atoms with Gasteiger partial charge in [0.2, 0.25) is 5.91 Å². The zero-order valence-corrected chi connectivity index (χ0v) is 24.3. The zero-order chi connectivity index (χ0) is 28.7. The van der Waals surface area contributed by atoms with Crippen LogP contribution < -0.4 is 4.90 Å². The number of carbonyl (C=O) groups excluding carboxylic acids is 3. The van der Waals surface area contributed by atoms with Crippen LogP contribution in [0, 0.1) is 25.7 Å². The summed E-state index contributed by atoms with van der Waals surface area (Å²) in [6.45, 7) is 4.29. The second-order valence-electron chi connectivity index (χ2n) is 11.4. The molecule has 1 spiro atoms. The minimum atomic E-state index is -0.990. The molecule has 2 aromatic rings. The van der Waals surface area contributed by atoms with Crippen LogP contribution >= 0.6 is 11.8 Å². The van der Waals surface area contributed by atoms with Crippen LogP contribution in [0.25, 0.3) is 0 Å². The van der Waals surface area contributed by atoms with Gasteiger partial charge in [-0.05, 0) is 55.9 Å². The van der Waals surface area contributed by atoms with E-state index in [2.05, 4.69) is 6.08 Å². The van der Waals surface area contributed by atoms with Gasteiger partial charge in [0.25, 0.3) is 5.91 Å². The zero-order valence-electron chi connectivity index (χ0n) is 23.4. The monoisotopic (exact) mass is 572 g/mol. The van der Waals surface area contributed by atoms with Crippen LogP contribution in [0.15, 0.2) is 72.8 Å². The van der Waals surface area contributed by atoms with Gasteiger partial charge in [-0.15, -0.1) is 11.8 Å². The number of aliphatic hydroxyl groups excluding tert-OH is 1. The lowest BCUT2D eigenvalue weighted by Gasteiger charge is -2.39. The van der Waals surface area contributed by atoms with Gasteiger partial charge in [-0.25, -0.2) is 0 Å². The lowest BCUT2D eigenvalue weighted by atomic mass is 9.78. The summed E-state index contributed by atoms with van der Waals surface area (Å²) in [6.07, 6.45) is 10.7. The van der Waals surface area contributed by atoms with Crippen molar-refractivity contribution in [2.24, 2.45) is 11.8 Å².